The molecule has 0 spiro atoms. The number of hydrogen-bond acceptors (Lipinski definition) is 7. The summed E-state index contributed by atoms with van der Waals surface area (Å²) in [5.74, 6) is -0.00470. The molecule has 0 aliphatic rings. The standard InChI is InChI=1S/C7H13N4O2.ClHO4/c1-7(2,3)10-5-6(11(12)13)9(4)8-10;2-1(3,4)5/h5H,1-4H3;(H,2,3,4,5)/q+1;/p-1. The van der Waals surface area contributed by atoms with Crippen molar-refractivity contribution in [2.75, 3.05) is 0 Å². The Morgan fingerprint density at radius 2 is 1.72 bits per heavy atom. The van der Waals surface area contributed by atoms with Gasteiger partial charge in [0.1, 0.15) is 12.6 Å². The number of aromatic nitrogens is 3. The molecule has 104 valence electrons. The van der Waals surface area contributed by atoms with Crippen LogP contribution in [-0.4, -0.2) is 14.8 Å². The van der Waals surface area contributed by atoms with E-state index in [0.717, 1.165) is 0 Å². The zero-order valence-corrected chi connectivity index (χ0v) is 10.9. The highest BCUT2D eigenvalue weighted by molar-refractivity contribution is 5.07. The zero-order chi connectivity index (χ0) is 14.7. The molecule has 0 amide bonds. The van der Waals surface area contributed by atoms with Crippen LogP contribution in [0.4, 0.5) is 5.82 Å². The molecule has 0 N–H and O–H groups in total. The first-order valence-electron chi connectivity index (χ1n) is 4.55. The number of rotatable bonds is 1. The summed E-state index contributed by atoms with van der Waals surface area (Å²) in [6.07, 6.45) is 1.43. The first-order chi connectivity index (χ1) is 7.82. The predicted molar refractivity (Wildman–Crippen MR) is 45.1 cm³/mol. The third kappa shape index (κ3) is 6.42. The molecule has 11 heteroatoms. The summed E-state index contributed by atoms with van der Waals surface area (Å²) < 4.78 is 36.8. The van der Waals surface area contributed by atoms with E-state index in [0.29, 0.717) is 0 Å². The molecular formula is C7H13ClN4O6. The van der Waals surface area contributed by atoms with Crippen molar-refractivity contribution < 1.29 is 38.5 Å². The summed E-state index contributed by atoms with van der Waals surface area (Å²) in [5, 5.41) is 14.5. The molecule has 1 rings (SSSR count). The first kappa shape index (κ1) is 16.7. The highest BCUT2D eigenvalue weighted by Gasteiger charge is 2.26. The largest absolute Gasteiger partial charge is 0.387 e. The van der Waals surface area contributed by atoms with Crippen LogP contribution >= 0.6 is 0 Å². The minimum atomic E-state index is -4.94. The van der Waals surface area contributed by atoms with Gasteiger partial charge in [-0.05, 0) is 25.7 Å². The van der Waals surface area contributed by atoms with Gasteiger partial charge >= 0.3 is 5.82 Å². The number of aryl methyl sites for hydroxylation is 1. The van der Waals surface area contributed by atoms with Gasteiger partial charge in [-0.1, -0.05) is 4.68 Å². The molecule has 0 aromatic carbocycles. The fourth-order valence-corrected chi connectivity index (χ4v) is 0.902. The third-order valence-electron chi connectivity index (χ3n) is 1.67. The molecule has 0 aliphatic heterocycles. The van der Waals surface area contributed by atoms with Crippen molar-refractivity contribution in [1.29, 1.82) is 0 Å². The molecule has 0 unspecified atom stereocenters. The normalized spacial score (nSPS) is 11.8. The van der Waals surface area contributed by atoms with Crippen LogP contribution in [0.2, 0.25) is 0 Å². The smallest absolute Gasteiger partial charge is 0.358 e. The Balaban J connectivity index is 0.000000494. The van der Waals surface area contributed by atoms with Crippen molar-refractivity contribution in [2.45, 2.75) is 26.3 Å². The van der Waals surface area contributed by atoms with E-state index in [-0.39, 0.29) is 11.4 Å². The van der Waals surface area contributed by atoms with Crippen LogP contribution in [-0.2, 0) is 12.6 Å². The van der Waals surface area contributed by atoms with Crippen LogP contribution < -0.4 is 23.3 Å². The average Bonchev–Trinajstić information content (AvgIpc) is 2.42. The van der Waals surface area contributed by atoms with Crippen molar-refractivity contribution in [1.82, 2.24) is 9.90 Å². The van der Waals surface area contributed by atoms with Crippen LogP contribution in [0.15, 0.2) is 6.20 Å². The zero-order valence-electron chi connectivity index (χ0n) is 10.2. The third-order valence-corrected chi connectivity index (χ3v) is 1.67. The molecule has 0 radical (unpaired) electrons. The molecule has 0 fully saturated rings. The molecule has 0 atom stereocenters. The molecule has 1 aromatic heterocycles. The van der Waals surface area contributed by atoms with E-state index >= 15 is 0 Å². The summed E-state index contributed by atoms with van der Waals surface area (Å²) in [6, 6.07) is 0. The van der Waals surface area contributed by atoms with E-state index in [1.807, 2.05) is 20.8 Å². The van der Waals surface area contributed by atoms with Crippen LogP contribution in [0.1, 0.15) is 20.8 Å². The van der Waals surface area contributed by atoms with E-state index in [1.165, 1.54) is 10.9 Å². The molecule has 1 aromatic rings. The van der Waals surface area contributed by atoms with Gasteiger partial charge in [-0.2, -0.15) is 0 Å². The van der Waals surface area contributed by atoms with Crippen molar-refractivity contribution in [3.63, 3.8) is 0 Å². The second-order valence-electron chi connectivity index (χ2n) is 4.25. The molecule has 0 bridgehead atoms. The Labute approximate surface area is 105 Å². The van der Waals surface area contributed by atoms with E-state index in [2.05, 4.69) is 5.21 Å². The topological polar surface area (TPSA) is 157 Å². The lowest BCUT2D eigenvalue weighted by atomic mass is 10.1. The monoisotopic (exact) mass is 284 g/mol. The average molecular weight is 285 g/mol. The lowest BCUT2D eigenvalue weighted by molar-refractivity contribution is -2.00. The van der Waals surface area contributed by atoms with E-state index in [4.69, 9.17) is 18.6 Å². The first-order valence-corrected chi connectivity index (χ1v) is 5.78. The Morgan fingerprint density at radius 3 is 1.89 bits per heavy atom. The Morgan fingerprint density at radius 1 is 1.33 bits per heavy atom. The van der Waals surface area contributed by atoms with Crippen LogP contribution in [0.25, 0.3) is 0 Å². The van der Waals surface area contributed by atoms with Crippen molar-refractivity contribution in [2.24, 2.45) is 7.05 Å². The summed E-state index contributed by atoms with van der Waals surface area (Å²) >= 11 is 0. The van der Waals surface area contributed by atoms with Gasteiger partial charge in [0.25, 0.3) is 0 Å². The van der Waals surface area contributed by atoms with Gasteiger partial charge in [0, 0.05) is 0 Å². The number of hydrogen-bond donors (Lipinski definition) is 0. The molecule has 0 saturated heterocycles. The molecule has 0 saturated carbocycles. The fourth-order valence-electron chi connectivity index (χ4n) is 0.902. The minimum absolute atomic E-state index is 0.00470. The summed E-state index contributed by atoms with van der Waals surface area (Å²) in [4.78, 5) is 10.0. The maximum absolute atomic E-state index is 10.5. The van der Waals surface area contributed by atoms with Gasteiger partial charge < -0.3 is 10.1 Å². The van der Waals surface area contributed by atoms with E-state index in [9.17, 15) is 10.1 Å². The second-order valence-corrected chi connectivity index (χ2v) is 5.01. The van der Waals surface area contributed by atoms with Crippen molar-refractivity contribution >= 4 is 5.82 Å². The van der Waals surface area contributed by atoms with Crippen LogP contribution in [0.3, 0.4) is 0 Å². The lowest BCUT2D eigenvalue weighted by Gasteiger charge is -2.17. The predicted octanol–water partition coefficient (Wildman–Crippen LogP) is -4.39. The van der Waals surface area contributed by atoms with E-state index in [1.54, 1.807) is 11.7 Å². The second kappa shape index (κ2) is 5.54. The Kier molecular flexibility index (Phi) is 5.13. The molecule has 18 heavy (non-hydrogen) atoms. The number of nitro groups is 1. The van der Waals surface area contributed by atoms with Gasteiger partial charge in [0.15, 0.2) is 0 Å². The Bertz CT molecular complexity index is 415. The molecular weight excluding hydrogens is 272 g/mol. The van der Waals surface area contributed by atoms with Gasteiger partial charge in [-0.3, -0.25) is 0 Å². The SMILES string of the molecule is Cn1n[n+](C(C)(C)C)cc1[N+](=O)[O-].[O-][Cl+3]([O-])([O-])[O-]. The van der Waals surface area contributed by atoms with Crippen LogP contribution in [0, 0.1) is 20.4 Å². The molecule has 1 heterocycles. The summed E-state index contributed by atoms with van der Waals surface area (Å²) in [6.45, 7) is 5.80. The van der Waals surface area contributed by atoms with Crippen molar-refractivity contribution in [3.8, 4) is 0 Å². The number of nitrogens with zero attached hydrogens (tertiary/aromatic N) is 4. The maximum atomic E-state index is 10.5. The minimum Gasteiger partial charge on any atom is -0.358 e. The van der Waals surface area contributed by atoms with Crippen LogP contribution in [0.5, 0.6) is 0 Å². The molecule has 10 nitrogen and oxygen atoms in total. The van der Waals surface area contributed by atoms with Gasteiger partial charge in [0.05, 0.1) is 5.21 Å². The molecule has 0 aliphatic carbocycles. The van der Waals surface area contributed by atoms with Gasteiger partial charge in [-0.15, -0.1) is 14.9 Å². The Hall–Kier alpha value is -1.33. The fraction of sp³-hybridized carbons (Fsp3) is 0.714. The summed E-state index contributed by atoms with van der Waals surface area (Å²) in [7, 11) is -3.39. The lowest BCUT2D eigenvalue weighted by Crippen LogP contribution is -2.68. The highest BCUT2D eigenvalue weighted by Crippen LogP contribution is 2.08. The van der Waals surface area contributed by atoms with Crippen molar-refractivity contribution in [3.05, 3.63) is 16.3 Å². The van der Waals surface area contributed by atoms with Gasteiger partial charge in [0.2, 0.25) is 6.20 Å². The highest BCUT2D eigenvalue weighted by atomic mass is 35.7. The summed E-state index contributed by atoms with van der Waals surface area (Å²) in [5.41, 5.74) is -0.230. The maximum Gasteiger partial charge on any atom is 0.387 e. The van der Waals surface area contributed by atoms with Gasteiger partial charge in [-0.25, -0.2) is 18.6 Å². The van der Waals surface area contributed by atoms with E-state index < -0.39 is 15.2 Å². The quantitative estimate of drug-likeness (QED) is 0.286. The number of halogens is 1.